The summed E-state index contributed by atoms with van der Waals surface area (Å²) in [6.07, 6.45) is -0.409. The molecule has 1 fully saturated rings. The molecule has 0 radical (unpaired) electrons. The molecule has 3 aromatic rings. The van der Waals surface area contributed by atoms with E-state index in [4.69, 9.17) is 4.74 Å². The fraction of sp³-hybridized carbons (Fsp3) is 0.353. The van der Waals surface area contributed by atoms with Crippen LogP contribution in [0.3, 0.4) is 0 Å². The van der Waals surface area contributed by atoms with E-state index in [1.807, 2.05) is 30.3 Å². The zero-order chi connectivity index (χ0) is 18.1. The van der Waals surface area contributed by atoms with Gasteiger partial charge in [-0.05, 0) is 5.56 Å². The first-order chi connectivity index (χ1) is 12.7. The number of fused-ring (bicyclic) bond motifs is 1. The number of anilines is 1. The van der Waals surface area contributed by atoms with Crippen LogP contribution < -0.4 is 5.32 Å². The van der Waals surface area contributed by atoms with Crippen molar-refractivity contribution < 1.29 is 20.1 Å². The molecule has 0 aliphatic carbocycles. The van der Waals surface area contributed by atoms with Crippen LogP contribution in [0.1, 0.15) is 11.8 Å². The van der Waals surface area contributed by atoms with Crippen LogP contribution >= 0.6 is 0 Å². The molecule has 1 aliphatic rings. The molecule has 4 rings (SSSR count). The molecular weight excluding hydrogens is 338 g/mol. The Hall–Kier alpha value is -2.59. The van der Waals surface area contributed by atoms with E-state index in [9.17, 15) is 15.3 Å². The molecule has 0 bridgehead atoms. The number of benzene rings is 1. The molecule has 4 unspecified atom stereocenters. The summed E-state index contributed by atoms with van der Waals surface area (Å²) in [5.41, 5.74) is 2.13. The largest absolute Gasteiger partial charge is 0.396 e. The second-order valence-corrected chi connectivity index (χ2v) is 6.14. The number of rotatable bonds is 5. The number of aliphatic hydroxyl groups is 3. The molecule has 136 valence electrons. The zero-order valence-corrected chi connectivity index (χ0v) is 13.8. The van der Waals surface area contributed by atoms with Crippen molar-refractivity contribution in [3.63, 3.8) is 0 Å². The molecule has 0 amide bonds. The molecule has 1 aliphatic heterocycles. The third-order valence-electron chi connectivity index (χ3n) is 4.52. The third kappa shape index (κ3) is 2.90. The number of hydrogen-bond donors (Lipinski definition) is 4. The highest BCUT2D eigenvalue weighted by atomic mass is 16.6. The fourth-order valence-corrected chi connectivity index (χ4v) is 3.12. The maximum Gasteiger partial charge on any atom is 0.183 e. The highest BCUT2D eigenvalue weighted by molar-refractivity contribution is 5.82. The van der Waals surface area contributed by atoms with Crippen molar-refractivity contribution in [2.75, 3.05) is 11.9 Å². The molecule has 4 atom stereocenters. The molecule has 0 spiro atoms. The van der Waals surface area contributed by atoms with E-state index in [0.29, 0.717) is 23.5 Å². The Bertz CT molecular complexity index is 887. The van der Waals surface area contributed by atoms with Gasteiger partial charge in [-0.2, -0.15) is 0 Å². The van der Waals surface area contributed by atoms with E-state index in [0.717, 1.165) is 5.56 Å². The Morgan fingerprint density at radius 3 is 2.69 bits per heavy atom. The van der Waals surface area contributed by atoms with Gasteiger partial charge in [-0.1, -0.05) is 30.3 Å². The number of aliphatic hydroxyl groups excluding tert-OH is 3. The quantitative estimate of drug-likeness (QED) is 0.512. The van der Waals surface area contributed by atoms with E-state index in [1.54, 1.807) is 4.57 Å². The first kappa shape index (κ1) is 16.9. The van der Waals surface area contributed by atoms with Crippen LogP contribution in [0.2, 0.25) is 0 Å². The van der Waals surface area contributed by atoms with Crippen LogP contribution in [0.15, 0.2) is 43.0 Å². The van der Waals surface area contributed by atoms with Gasteiger partial charge in [0.15, 0.2) is 23.3 Å². The predicted molar refractivity (Wildman–Crippen MR) is 91.8 cm³/mol. The van der Waals surface area contributed by atoms with Crippen molar-refractivity contribution in [2.24, 2.45) is 5.92 Å². The lowest BCUT2D eigenvalue weighted by Crippen LogP contribution is -2.29. The molecule has 26 heavy (non-hydrogen) atoms. The molecule has 1 saturated heterocycles. The number of nitrogens with one attached hydrogen (secondary N) is 1. The monoisotopic (exact) mass is 357 g/mol. The summed E-state index contributed by atoms with van der Waals surface area (Å²) in [5.74, 6) is -0.115. The average Bonchev–Trinajstić information content (AvgIpc) is 3.22. The lowest BCUT2D eigenvalue weighted by Gasteiger charge is -2.18. The summed E-state index contributed by atoms with van der Waals surface area (Å²) in [5, 5.41) is 32.5. The van der Waals surface area contributed by atoms with Gasteiger partial charge in [0.25, 0.3) is 0 Å². The normalized spacial score (nSPS) is 25.7. The van der Waals surface area contributed by atoms with Crippen molar-refractivity contribution in [3.8, 4) is 0 Å². The van der Waals surface area contributed by atoms with Crippen molar-refractivity contribution in [1.29, 1.82) is 0 Å². The molecule has 1 aromatic carbocycles. The average molecular weight is 357 g/mol. The smallest absolute Gasteiger partial charge is 0.183 e. The lowest BCUT2D eigenvalue weighted by molar-refractivity contribution is -0.140. The second kappa shape index (κ2) is 6.96. The van der Waals surface area contributed by atoms with E-state index in [1.165, 1.54) is 12.7 Å². The topological polar surface area (TPSA) is 126 Å². The summed E-state index contributed by atoms with van der Waals surface area (Å²) in [6, 6.07) is 9.89. The number of hydrogen-bond acceptors (Lipinski definition) is 8. The summed E-state index contributed by atoms with van der Waals surface area (Å²) < 4.78 is 6.97. The van der Waals surface area contributed by atoms with Gasteiger partial charge in [0.2, 0.25) is 0 Å². The standard InChI is InChI=1S/C17H19N5O4/c23-7-11-13(24)17(25)26-16(11)22-9-21-12-14(19-8-20-15(12)22)18-6-10-4-2-1-3-5-10/h1-5,8-9,11,13,16-17,23-25H,6-7H2,(H,18,19,20). The van der Waals surface area contributed by atoms with Crippen LogP contribution in [-0.4, -0.2) is 53.8 Å². The zero-order valence-electron chi connectivity index (χ0n) is 13.8. The Labute approximate surface area is 148 Å². The van der Waals surface area contributed by atoms with Crippen LogP contribution in [0, 0.1) is 5.92 Å². The summed E-state index contributed by atoms with van der Waals surface area (Å²) in [7, 11) is 0. The Balaban J connectivity index is 1.63. The number of aromatic nitrogens is 4. The molecule has 0 saturated carbocycles. The Morgan fingerprint density at radius 1 is 1.12 bits per heavy atom. The molecule has 9 heteroatoms. The molecule has 3 heterocycles. The number of ether oxygens (including phenoxy) is 1. The maximum absolute atomic E-state index is 9.95. The Morgan fingerprint density at radius 2 is 1.92 bits per heavy atom. The highest BCUT2D eigenvalue weighted by Crippen LogP contribution is 2.35. The van der Waals surface area contributed by atoms with Crippen molar-refractivity contribution in [1.82, 2.24) is 19.5 Å². The minimum Gasteiger partial charge on any atom is -0.396 e. The van der Waals surface area contributed by atoms with Gasteiger partial charge in [0.1, 0.15) is 18.7 Å². The van der Waals surface area contributed by atoms with Crippen molar-refractivity contribution in [2.45, 2.75) is 25.2 Å². The van der Waals surface area contributed by atoms with Crippen LogP contribution in [0.5, 0.6) is 0 Å². The van der Waals surface area contributed by atoms with Crippen LogP contribution in [0.4, 0.5) is 5.82 Å². The lowest BCUT2D eigenvalue weighted by atomic mass is 10.0. The van der Waals surface area contributed by atoms with E-state index in [2.05, 4.69) is 20.3 Å². The van der Waals surface area contributed by atoms with Gasteiger partial charge in [-0.3, -0.25) is 4.57 Å². The highest BCUT2D eigenvalue weighted by Gasteiger charge is 2.44. The van der Waals surface area contributed by atoms with Gasteiger partial charge in [0, 0.05) is 6.54 Å². The molecule has 4 N–H and O–H groups in total. The molecular formula is C17H19N5O4. The van der Waals surface area contributed by atoms with Gasteiger partial charge < -0.3 is 25.4 Å². The predicted octanol–water partition coefficient (Wildman–Crippen LogP) is 0.255. The Kier molecular flexibility index (Phi) is 4.51. The van der Waals surface area contributed by atoms with Crippen LogP contribution in [-0.2, 0) is 11.3 Å². The number of imidazole rings is 1. The van der Waals surface area contributed by atoms with Crippen molar-refractivity contribution >= 4 is 17.0 Å². The fourth-order valence-electron chi connectivity index (χ4n) is 3.12. The van der Waals surface area contributed by atoms with Gasteiger partial charge in [-0.15, -0.1) is 0 Å². The minimum atomic E-state index is -1.37. The SMILES string of the molecule is OCC1C(O)C(O)OC1n1cnc2c(NCc3ccccc3)ncnc21. The third-order valence-corrected chi connectivity index (χ3v) is 4.52. The van der Waals surface area contributed by atoms with E-state index < -0.39 is 24.5 Å². The molecule has 9 nitrogen and oxygen atoms in total. The summed E-state index contributed by atoms with van der Waals surface area (Å²) in [6.45, 7) is 0.239. The molecule has 2 aromatic heterocycles. The first-order valence-corrected chi connectivity index (χ1v) is 8.27. The van der Waals surface area contributed by atoms with Gasteiger partial charge >= 0.3 is 0 Å². The first-order valence-electron chi connectivity index (χ1n) is 8.27. The summed E-state index contributed by atoms with van der Waals surface area (Å²) >= 11 is 0. The second-order valence-electron chi connectivity index (χ2n) is 6.14. The van der Waals surface area contributed by atoms with E-state index >= 15 is 0 Å². The number of nitrogens with zero attached hydrogens (tertiary/aromatic N) is 4. The van der Waals surface area contributed by atoms with Gasteiger partial charge in [-0.25, -0.2) is 15.0 Å². The van der Waals surface area contributed by atoms with Gasteiger partial charge in [0.05, 0.1) is 18.9 Å². The van der Waals surface area contributed by atoms with Crippen molar-refractivity contribution in [3.05, 3.63) is 48.5 Å². The van der Waals surface area contributed by atoms with E-state index in [-0.39, 0.29) is 6.61 Å². The van der Waals surface area contributed by atoms with Crippen LogP contribution in [0.25, 0.3) is 11.2 Å². The summed E-state index contributed by atoms with van der Waals surface area (Å²) in [4.78, 5) is 12.8. The maximum atomic E-state index is 9.95. The minimum absolute atomic E-state index is 0.341.